The van der Waals surface area contributed by atoms with E-state index in [1.54, 1.807) is 13.2 Å². The molecule has 20 heavy (non-hydrogen) atoms. The summed E-state index contributed by atoms with van der Waals surface area (Å²) >= 11 is 6.14. The summed E-state index contributed by atoms with van der Waals surface area (Å²) in [6.07, 6.45) is 0. The number of methoxy groups -OCH3 is 1. The molecule has 1 aromatic rings. The van der Waals surface area contributed by atoms with Gasteiger partial charge in [0.25, 0.3) is 0 Å². The van der Waals surface area contributed by atoms with E-state index in [2.05, 4.69) is 33.0 Å². The monoisotopic (exact) mass is 299 g/mol. The van der Waals surface area contributed by atoms with Crippen LogP contribution in [0.1, 0.15) is 33.3 Å². The molecule has 0 radical (unpaired) electrons. The van der Waals surface area contributed by atoms with Crippen molar-refractivity contribution in [3.63, 3.8) is 0 Å². The van der Waals surface area contributed by atoms with Crippen molar-refractivity contribution in [3.05, 3.63) is 22.7 Å². The summed E-state index contributed by atoms with van der Waals surface area (Å²) in [5, 5.41) is 4.08. The van der Waals surface area contributed by atoms with Crippen molar-refractivity contribution in [2.75, 3.05) is 20.3 Å². The van der Waals surface area contributed by atoms with Crippen molar-refractivity contribution < 1.29 is 9.47 Å². The summed E-state index contributed by atoms with van der Waals surface area (Å²) in [7, 11) is 1.64. The molecule has 1 rings (SSSR count). The third-order valence-electron chi connectivity index (χ3n) is 2.75. The van der Waals surface area contributed by atoms with E-state index in [4.69, 9.17) is 21.1 Å². The Labute approximate surface area is 127 Å². The van der Waals surface area contributed by atoms with Gasteiger partial charge in [-0.1, -0.05) is 39.3 Å². The second-order valence-corrected chi connectivity index (χ2v) is 6.26. The predicted octanol–water partition coefficient (Wildman–Crippen LogP) is 4.13. The quantitative estimate of drug-likeness (QED) is 0.783. The molecule has 0 unspecified atom stereocenters. The molecule has 4 heteroatoms. The van der Waals surface area contributed by atoms with Gasteiger partial charge in [0.05, 0.1) is 13.7 Å². The summed E-state index contributed by atoms with van der Waals surface area (Å²) in [4.78, 5) is 0. The van der Waals surface area contributed by atoms with Gasteiger partial charge >= 0.3 is 0 Å². The molecule has 0 aliphatic carbocycles. The lowest BCUT2D eigenvalue weighted by Crippen LogP contribution is -2.20. The molecule has 0 bridgehead atoms. The van der Waals surface area contributed by atoms with Crippen molar-refractivity contribution in [2.24, 2.45) is 11.8 Å². The third-order valence-corrected chi connectivity index (χ3v) is 2.96. The van der Waals surface area contributed by atoms with E-state index < -0.39 is 0 Å². The first kappa shape index (κ1) is 17.1. The Hall–Kier alpha value is -0.930. The van der Waals surface area contributed by atoms with E-state index in [9.17, 15) is 0 Å². The molecule has 1 N–H and O–H groups in total. The van der Waals surface area contributed by atoms with Crippen molar-refractivity contribution in [1.82, 2.24) is 5.32 Å². The van der Waals surface area contributed by atoms with Gasteiger partial charge in [-0.05, 0) is 24.4 Å². The molecule has 0 aromatic heterocycles. The Kier molecular flexibility index (Phi) is 7.17. The normalized spacial score (nSPS) is 11.2. The summed E-state index contributed by atoms with van der Waals surface area (Å²) < 4.78 is 11.3. The van der Waals surface area contributed by atoms with E-state index in [1.165, 1.54) is 0 Å². The summed E-state index contributed by atoms with van der Waals surface area (Å²) in [5.74, 6) is 2.56. The first-order valence-corrected chi connectivity index (χ1v) is 7.51. The fourth-order valence-corrected chi connectivity index (χ4v) is 2.05. The zero-order chi connectivity index (χ0) is 15.1. The summed E-state index contributed by atoms with van der Waals surface area (Å²) in [6.45, 7) is 11.0. The van der Waals surface area contributed by atoms with Crippen LogP contribution in [-0.2, 0) is 6.54 Å². The van der Waals surface area contributed by atoms with Crippen LogP contribution in [0.25, 0.3) is 0 Å². The van der Waals surface area contributed by atoms with Crippen molar-refractivity contribution in [3.8, 4) is 11.5 Å². The zero-order valence-electron chi connectivity index (χ0n) is 13.1. The van der Waals surface area contributed by atoms with Crippen LogP contribution >= 0.6 is 11.6 Å². The van der Waals surface area contributed by atoms with Crippen LogP contribution in [0.4, 0.5) is 0 Å². The first-order chi connectivity index (χ1) is 9.43. The minimum atomic E-state index is 0.465. The summed E-state index contributed by atoms with van der Waals surface area (Å²) in [5.41, 5.74) is 1.04. The molecule has 114 valence electrons. The maximum absolute atomic E-state index is 6.14. The molecule has 0 fully saturated rings. The van der Waals surface area contributed by atoms with Crippen LogP contribution in [0.2, 0.25) is 5.02 Å². The predicted molar refractivity (Wildman–Crippen MR) is 84.9 cm³/mol. The van der Waals surface area contributed by atoms with Gasteiger partial charge < -0.3 is 14.8 Å². The number of hydrogen-bond donors (Lipinski definition) is 1. The van der Waals surface area contributed by atoms with E-state index in [-0.39, 0.29) is 0 Å². The van der Waals surface area contributed by atoms with Crippen molar-refractivity contribution >= 4 is 11.6 Å². The molecule has 3 nitrogen and oxygen atoms in total. The maximum Gasteiger partial charge on any atom is 0.165 e. The van der Waals surface area contributed by atoms with Crippen molar-refractivity contribution in [2.45, 2.75) is 34.2 Å². The SMILES string of the molecule is COc1cc(Cl)cc(CNCC(C)C)c1OCC(C)C. The number of rotatable bonds is 8. The second-order valence-electron chi connectivity index (χ2n) is 5.83. The highest BCUT2D eigenvalue weighted by Crippen LogP contribution is 2.35. The van der Waals surface area contributed by atoms with E-state index in [0.29, 0.717) is 29.2 Å². The fourth-order valence-electron chi connectivity index (χ4n) is 1.81. The maximum atomic E-state index is 6.14. The smallest absolute Gasteiger partial charge is 0.165 e. The molecule has 0 heterocycles. The van der Waals surface area contributed by atoms with Crippen molar-refractivity contribution in [1.29, 1.82) is 0 Å². The highest BCUT2D eigenvalue weighted by atomic mass is 35.5. The second kappa shape index (κ2) is 8.38. The Morgan fingerprint density at radius 1 is 1.15 bits per heavy atom. The van der Waals surface area contributed by atoms with Gasteiger partial charge in [-0.15, -0.1) is 0 Å². The molecule has 0 amide bonds. The standard InChI is InChI=1S/C16H26ClNO2/c1-11(2)8-18-9-13-6-14(17)7-15(19-5)16(13)20-10-12(3)4/h6-7,11-12,18H,8-10H2,1-5H3. The molecule has 0 aliphatic rings. The minimum Gasteiger partial charge on any atom is -0.493 e. The zero-order valence-corrected chi connectivity index (χ0v) is 13.9. The lowest BCUT2D eigenvalue weighted by atomic mass is 10.1. The Bertz CT molecular complexity index is 419. The average Bonchev–Trinajstić information content (AvgIpc) is 2.36. The van der Waals surface area contributed by atoms with E-state index in [0.717, 1.165) is 24.4 Å². The number of nitrogens with one attached hydrogen (secondary N) is 1. The number of hydrogen-bond acceptors (Lipinski definition) is 3. The minimum absolute atomic E-state index is 0.465. The average molecular weight is 300 g/mol. The van der Waals surface area contributed by atoms with Gasteiger partial charge in [0.15, 0.2) is 11.5 Å². The van der Waals surface area contributed by atoms with Gasteiger partial charge in [0, 0.05) is 23.2 Å². The molecule has 0 spiro atoms. The topological polar surface area (TPSA) is 30.5 Å². The Morgan fingerprint density at radius 2 is 1.85 bits per heavy atom. The molecule has 0 saturated carbocycles. The van der Waals surface area contributed by atoms with Gasteiger partial charge in [0.2, 0.25) is 0 Å². The van der Waals surface area contributed by atoms with Crippen LogP contribution in [0.5, 0.6) is 11.5 Å². The number of halogens is 1. The van der Waals surface area contributed by atoms with Gasteiger partial charge in [-0.25, -0.2) is 0 Å². The van der Waals surface area contributed by atoms with Gasteiger partial charge in [0.1, 0.15) is 0 Å². The van der Waals surface area contributed by atoms with Crippen LogP contribution in [0.3, 0.4) is 0 Å². The van der Waals surface area contributed by atoms with Crippen LogP contribution in [0, 0.1) is 11.8 Å². The highest BCUT2D eigenvalue weighted by Gasteiger charge is 2.13. The van der Waals surface area contributed by atoms with Crippen LogP contribution in [0.15, 0.2) is 12.1 Å². The van der Waals surface area contributed by atoms with E-state index in [1.807, 2.05) is 6.07 Å². The first-order valence-electron chi connectivity index (χ1n) is 7.14. The lowest BCUT2D eigenvalue weighted by Gasteiger charge is -2.18. The number of ether oxygens (including phenoxy) is 2. The largest absolute Gasteiger partial charge is 0.493 e. The number of benzene rings is 1. The molecule has 1 aromatic carbocycles. The fraction of sp³-hybridized carbons (Fsp3) is 0.625. The third kappa shape index (κ3) is 5.59. The lowest BCUT2D eigenvalue weighted by molar-refractivity contribution is 0.253. The van der Waals surface area contributed by atoms with Crippen LogP contribution in [-0.4, -0.2) is 20.3 Å². The Balaban J connectivity index is 2.90. The molecular formula is C16H26ClNO2. The molecule has 0 aliphatic heterocycles. The molecular weight excluding hydrogens is 274 g/mol. The summed E-state index contributed by atoms with van der Waals surface area (Å²) in [6, 6.07) is 3.73. The van der Waals surface area contributed by atoms with Crippen LogP contribution < -0.4 is 14.8 Å². The highest BCUT2D eigenvalue weighted by molar-refractivity contribution is 6.30. The molecule has 0 saturated heterocycles. The van der Waals surface area contributed by atoms with Gasteiger partial charge in [-0.2, -0.15) is 0 Å². The van der Waals surface area contributed by atoms with E-state index >= 15 is 0 Å². The Morgan fingerprint density at radius 3 is 2.40 bits per heavy atom. The molecule has 0 atom stereocenters. The van der Waals surface area contributed by atoms with Gasteiger partial charge in [-0.3, -0.25) is 0 Å².